The van der Waals surface area contributed by atoms with Gasteiger partial charge in [0.25, 0.3) is 5.89 Å². The Labute approximate surface area is 120 Å². The summed E-state index contributed by atoms with van der Waals surface area (Å²) in [4.78, 5) is 4.19. The zero-order chi connectivity index (χ0) is 14.7. The third kappa shape index (κ3) is 3.08. The van der Waals surface area contributed by atoms with Crippen molar-refractivity contribution in [2.45, 2.75) is 12.8 Å². The summed E-state index contributed by atoms with van der Waals surface area (Å²) in [6.45, 7) is 0. The Balaban J connectivity index is 1.76. The molecule has 0 atom stereocenters. The molecule has 0 saturated carbocycles. The van der Waals surface area contributed by atoms with Gasteiger partial charge in [-0.3, -0.25) is 0 Å². The van der Waals surface area contributed by atoms with Crippen molar-refractivity contribution in [1.29, 1.82) is 0 Å². The number of phenols is 1. The molecule has 0 spiro atoms. The molecule has 21 heavy (non-hydrogen) atoms. The van der Waals surface area contributed by atoms with Gasteiger partial charge in [-0.2, -0.15) is 4.98 Å². The maximum atomic E-state index is 13.2. The van der Waals surface area contributed by atoms with Gasteiger partial charge in [0.05, 0.1) is 5.56 Å². The quantitative estimate of drug-likeness (QED) is 0.798. The van der Waals surface area contributed by atoms with E-state index in [9.17, 15) is 9.50 Å². The minimum Gasteiger partial charge on any atom is -0.507 e. The van der Waals surface area contributed by atoms with E-state index in [1.165, 1.54) is 23.8 Å². The molecule has 0 bridgehead atoms. The molecule has 1 aromatic heterocycles. The van der Waals surface area contributed by atoms with Crippen molar-refractivity contribution in [3.63, 3.8) is 0 Å². The molecule has 0 radical (unpaired) electrons. The summed E-state index contributed by atoms with van der Waals surface area (Å²) in [7, 11) is 0. The Bertz CT molecular complexity index is 741. The maximum absolute atomic E-state index is 13.2. The van der Waals surface area contributed by atoms with E-state index in [1.54, 1.807) is 0 Å². The van der Waals surface area contributed by atoms with E-state index in [-0.39, 0.29) is 17.2 Å². The molecular formula is C16H13FN2O2. The van der Waals surface area contributed by atoms with Gasteiger partial charge in [-0.25, -0.2) is 4.39 Å². The number of phenolic OH excluding ortho intramolecular Hbond substituents is 1. The van der Waals surface area contributed by atoms with Crippen molar-refractivity contribution in [2.75, 3.05) is 0 Å². The van der Waals surface area contributed by atoms with Gasteiger partial charge in [-0.05, 0) is 30.2 Å². The van der Waals surface area contributed by atoms with Crippen LogP contribution in [0.2, 0.25) is 0 Å². The van der Waals surface area contributed by atoms with Gasteiger partial charge < -0.3 is 9.63 Å². The fraction of sp³-hybridized carbons (Fsp3) is 0.125. The molecule has 0 amide bonds. The van der Waals surface area contributed by atoms with Crippen LogP contribution in [0, 0.1) is 5.82 Å². The highest BCUT2D eigenvalue weighted by molar-refractivity contribution is 5.61. The Hall–Kier alpha value is -2.69. The fourth-order valence-corrected chi connectivity index (χ4v) is 2.05. The summed E-state index contributed by atoms with van der Waals surface area (Å²) in [5.74, 6) is 0.0917. The predicted molar refractivity (Wildman–Crippen MR) is 75.2 cm³/mol. The van der Waals surface area contributed by atoms with E-state index >= 15 is 0 Å². The normalized spacial score (nSPS) is 10.7. The average molecular weight is 284 g/mol. The lowest BCUT2D eigenvalue weighted by Gasteiger charge is -1.98. The van der Waals surface area contributed by atoms with Crippen molar-refractivity contribution >= 4 is 0 Å². The number of hydrogen-bond acceptors (Lipinski definition) is 4. The molecule has 0 aliphatic rings. The van der Waals surface area contributed by atoms with Gasteiger partial charge in [0.15, 0.2) is 5.82 Å². The van der Waals surface area contributed by atoms with Gasteiger partial charge in [-0.1, -0.05) is 35.5 Å². The summed E-state index contributed by atoms with van der Waals surface area (Å²) in [5.41, 5.74) is 1.38. The van der Waals surface area contributed by atoms with Crippen molar-refractivity contribution in [2.24, 2.45) is 0 Å². The lowest BCUT2D eigenvalue weighted by molar-refractivity contribution is 0.416. The second-order valence-corrected chi connectivity index (χ2v) is 4.66. The van der Waals surface area contributed by atoms with E-state index in [4.69, 9.17) is 4.52 Å². The molecule has 106 valence electrons. The standard InChI is InChI=1S/C16H13FN2O2/c17-12-7-8-14(20)13(10-12)16-18-15(19-21-16)9-6-11-4-2-1-3-5-11/h1-5,7-8,10,20H,6,9H2. The lowest BCUT2D eigenvalue weighted by atomic mass is 10.1. The number of benzene rings is 2. The number of halogens is 1. The molecule has 0 saturated heterocycles. The van der Waals surface area contributed by atoms with E-state index in [1.807, 2.05) is 30.3 Å². The largest absolute Gasteiger partial charge is 0.507 e. The highest BCUT2D eigenvalue weighted by Crippen LogP contribution is 2.28. The number of aryl methyl sites for hydroxylation is 2. The van der Waals surface area contributed by atoms with Crippen LogP contribution in [0.15, 0.2) is 53.1 Å². The van der Waals surface area contributed by atoms with Gasteiger partial charge >= 0.3 is 0 Å². The molecule has 1 N–H and O–H groups in total. The molecular weight excluding hydrogens is 271 g/mol. The molecule has 0 fully saturated rings. The summed E-state index contributed by atoms with van der Waals surface area (Å²) in [6.07, 6.45) is 1.40. The van der Waals surface area contributed by atoms with Crippen LogP contribution in [0.1, 0.15) is 11.4 Å². The second-order valence-electron chi connectivity index (χ2n) is 4.66. The molecule has 5 heteroatoms. The highest BCUT2D eigenvalue weighted by atomic mass is 19.1. The summed E-state index contributed by atoms with van der Waals surface area (Å²) in [5, 5.41) is 13.6. The maximum Gasteiger partial charge on any atom is 0.261 e. The van der Waals surface area contributed by atoms with Crippen LogP contribution < -0.4 is 0 Å². The third-order valence-electron chi connectivity index (χ3n) is 3.14. The smallest absolute Gasteiger partial charge is 0.261 e. The van der Waals surface area contributed by atoms with Crippen LogP contribution >= 0.6 is 0 Å². The first kappa shape index (κ1) is 13.3. The Morgan fingerprint density at radius 3 is 2.67 bits per heavy atom. The van der Waals surface area contributed by atoms with E-state index in [0.717, 1.165) is 6.42 Å². The first-order valence-electron chi connectivity index (χ1n) is 6.58. The Morgan fingerprint density at radius 2 is 1.86 bits per heavy atom. The SMILES string of the molecule is Oc1ccc(F)cc1-c1nc(CCc2ccccc2)no1. The first-order valence-corrected chi connectivity index (χ1v) is 6.58. The van der Waals surface area contributed by atoms with Crippen LogP contribution in [0.5, 0.6) is 5.75 Å². The predicted octanol–water partition coefficient (Wildman–Crippen LogP) is 3.37. The van der Waals surface area contributed by atoms with Crippen LogP contribution in [0.3, 0.4) is 0 Å². The first-order chi connectivity index (χ1) is 10.2. The molecule has 3 aromatic rings. The van der Waals surface area contributed by atoms with Crippen molar-refractivity contribution < 1.29 is 14.0 Å². The monoisotopic (exact) mass is 284 g/mol. The molecule has 2 aromatic carbocycles. The van der Waals surface area contributed by atoms with Crippen molar-refractivity contribution in [1.82, 2.24) is 10.1 Å². The van der Waals surface area contributed by atoms with E-state index in [2.05, 4.69) is 10.1 Å². The summed E-state index contributed by atoms with van der Waals surface area (Å²) < 4.78 is 18.3. The lowest BCUT2D eigenvalue weighted by Crippen LogP contribution is -1.93. The number of aromatic hydroxyl groups is 1. The average Bonchev–Trinajstić information content (AvgIpc) is 2.97. The topological polar surface area (TPSA) is 59.2 Å². The van der Waals surface area contributed by atoms with Crippen LogP contribution in [-0.4, -0.2) is 15.2 Å². The number of aromatic nitrogens is 2. The molecule has 0 unspecified atom stereocenters. The van der Waals surface area contributed by atoms with Gasteiger partial charge in [0, 0.05) is 6.42 Å². The Morgan fingerprint density at radius 1 is 1.05 bits per heavy atom. The van der Waals surface area contributed by atoms with Gasteiger partial charge in [0.1, 0.15) is 11.6 Å². The molecule has 0 aliphatic carbocycles. The number of hydrogen-bond donors (Lipinski definition) is 1. The van der Waals surface area contributed by atoms with Crippen LogP contribution in [-0.2, 0) is 12.8 Å². The number of rotatable bonds is 4. The summed E-state index contributed by atoms with van der Waals surface area (Å²) in [6, 6.07) is 13.6. The summed E-state index contributed by atoms with van der Waals surface area (Å²) >= 11 is 0. The Kier molecular flexibility index (Phi) is 3.64. The van der Waals surface area contributed by atoms with Crippen molar-refractivity contribution in [3.05, 3.63) is 65.7 Å². The van der Waals surface area contributed by atoms with Crippen LogP contribution in [0.25, 0.3) is 11.5 Å². The molecule has 4 nitrogen and oxygen atoms in total. The number of nitrogens with zero attached hydrogens (tertiary/aromatic N) is 2. The van der Waals surface area contributed by atoms with Crippen LogP contribution in [0.4, 0.5) is 4.39 Å². The second kappa shape index (κ2) is 5.75. The molecule has 3 rings (SSSR count). The zero-order valence-electron chi connectivity index (χ0n) is 11.2. The fourth-order valence-electron chi connectivity index (χ4n) is 2.05. The molecule has 0 aliphatic heterocycles. The highest BCUT2D eigenvalue weighted by Gasteiger charge is 2.13. The third-order valence-corrected chi connectivity index (χ3v) is 3.14. The zero-order valence-corrected chi connectivity index (χ0v) is 11.2. The minimum absolute atomic E-state index is 0.0883. The van der Waals surface area contributed by atoms with E-state index in [0.29, 0.717) is 12.2 Å². The molecule has 1 heterocycles. The minimum atomic E-state index is -0.466. The van der Waals surface area contributed by atoms with Gasteiger partial charge in [0.2, 0.25) is 0 Å². The van der Waals surface area contributed by atoms with Crippen molar-refractivity contribution in [3.8, 4) is 17.2 Å². The van der Waals surface area contributed by atoms with E-state index < -0.39 is 5.82 Å². The van der Waals surface area contributed by atoms with Gasteiger partial charge in [-0.15, -0.1) is 0 Å².